The molecule has 3 heteroatoms. The smallest absolute Gasteiger partial charge is 0.0652 e. The molecule has 1 aliphatic rings. The molecule has 0 spiro atoms. The van der Waals surface area contributed by atoms with E-state index in [-0.39, 0.29) is 11.5 Å². The quantitative estimate of drug-likeness (QED) is 0.856. The summed E-state index contributed by atoms with van der Waals surface area (Å²) in [5.74, 6) is 0. The fraction of sp³-hybridized carbons (Fsp3) is 0.625. The van der Waals surface area contributed by atoms with Crippen molar-refractivity contribution in [2.24, 2.45) is 11.1 Å². The van der Waals surface area contributed by atoms with Gasteiger partial charge < -0.3 is 15.8 Å². The van der Waals surface area contributed by atoms with E-state index >= 15 is 0 Å². The van der Waals surface area contributed by atoms with E-state index in [4.69, 9.17) is 10.5 Å². The van der Waals surface area contributed by atoms with Crippen LogP contribution in [0.3, 0.4) is 0 Å². The number of hydrogen-bond acceptors (Lipinski definition) is 3. The maximum Gasteiger partial charge on any atom is 0.0652 e. The highest BCUT2D eigenvalue weighted by Crippen LogP contribution is 2.42. The lowest BCUT2D eigenvalue weighted by Crippen LogP contribution is -2.61. The maximum atomic E-state index is 6.23. The Bertz CT molecular complexity index is 413. The van der Waals surface area contributed by atoms with Gasteiger partial charge in [0.25, 0.3) is 0 Å². The Morgan fingerprint density at radius 3 is 2.53 bits per heavy atom. The molecule has 1 aliphatic carbocycles. The summed E-state index contributed by atoms with van der Waals surface area (Å²) in [4.78, 5) is 0. The number of nitrogens with two attached hydrogens (primary N) is 1. The Balaban J connectivity index is 1.85. The first-order chi connectivity index (χ1) is 8.95. The van der Waals surface area contributed by atoms with Crippen LogP contribution in [0.4, 0.5) is 0 Å². The van der Waals surface area contributed by atoms with Crippen molar-refractivity contribution in [3.8, 4) is 0 Å². The van der Waals surface area contributed by atoms with Crippen LogP contribution in [0.1, 0.15) is 37.4 Å². The molecule has 106 valence electrons. The minimum atomic E-state index is 0.0537. The molecule has 0 heterocycles. The molecule has 3 unspecified atom stereocenters. The van der Waals surface area contributed by atoms with Gasteiger partial charge in [0.05, 0.1) is 6.10 Å². The van der Waals surface area contributed by atoms with Gasteiger partial charge in [0, 0.05) is 31.2 Å². The summed E-state index contributed by atoms with van der Waals surface area (Å²) in [5.41, 5.74) is 8.89. The van der Waals surface area contributed by atoms with Gasteiger partial charge >= 0.3 is 0 Å². The van der Waals surface area contributed by atoms with E-state index in [1.165, 1.54) is 11.1 Å². The second kappa shape index (κ2) is 5.61. The van der Waals surface area contributed by atoms with Crippen LogP contribution in [0.5, 0.6) is 0 Å². The van der Waals surface area contributed by atoms with Crippen molar-refractivity contribution in [1.29, 1.82) is 0 Å². The lowest BCUT2D eigenvalue weighted by molar-refractivity contribution is -0.0975. The van der Waals surface area contributed by atoms with Gasteiger partial charge in [-0.3, -0.25) is 0 Å². The maximum absolute atomic E-state index is 6.23. The van der Waals surface area contributed by atoms with Gasteiger partial charge in [0.2, 0.25) is 0 Å². The zero-order valence-electron chi connectivity index (χ0n) is 12.4. The van der Waals surface area contributed by atoms with Crippen molar-refractivity contribution in [2.75, 3.05) is 13.7 Å². The fourth-order valence-electron chi connectivity index (χ4n) is 2.83. The number of aryl methyl sites for hydroxylation is 1. The minimum Gasteiger partial charge on any atom is -0.381 e. The topological polar surface area (TPSA) is 47.3 Å². The lowest BCUT2D eigenvalue weighted by Gasteiger charge is -2.51. The summed E-state index contributed by atoms with van der Waals surface area (Å²) >= 11 is 0. The van der Waals surface area contributed by atoms with Crippen LogP contribution in [0.15, 0.2) is 24.3 Å². The van der Waals surface area contributed by atoms with Crippen LogP contribution in [-0.2, 0) is 4.74 Å². The first-order valence-electron chi connectivity index (χ1n) is 7.03. The normalized spacial score (nSPS) is 26.8. The molecule has 0 radical (unpaired) electrons. The van der Waals surface area contributed by atoms with E-state index in [0.717, 1.165) is 13.0 Å². The molecule has 19 heavy (non-hydrogen) atoms. The van der Waals surface area contributed by atoms with Crippen LogP contribution >= 0.6 is 0 Å². The molecular weight excluding hydrogens is 236 g/mol. The summed E-state index contributed by atoms with van der Waals surface area (Å²) in [5, 5.41) is 3.58. The SMILES string of the molecule is COC1CC(NCC(N)c2ccc(C)cc2)C1(C)C. The van der Waals surface area contributed by atoms with Crippen LogP contribution in [0.2, 0.25) is 0 Å². The Morgan fingerprint density at radius 1 is 1.37 bits per heavy atom. The van der Waals surface area contributed by atoms with E-state index in [1.54, 1.807) is 7.11 Å². The first kappa shape index (κ1) is 14.5. The van der Waals surface area contributed by atoms with Crippen molar-refractivity contribution in [3.05, 3.63) is 35.4 Å². The Morgan fingerprint density at radius 2 is 2.00 bits per heavy atom. The van der Waals surface area contributed by atoms with Gasteiger partial charge in [-0.05, 0) is 18.9 Å². The molecule has 1 fully saturated rings. The van der Waals surface area contributed by atoms with E-state index in [0.29, 0.717) is 12.1 Å². The van der Waals surface area contributed by atoms with E-state index in [2.05, 4.69) is 50.4 Å². The van der Waals surface area contributed by atoms with Crippen LogP contribution in [0, 0.1) is 12.3 Å². The van der Waals surface area contributed by atoms with Gasteiger partial charge in [-0.15, -0.1) is 0 Å². The van der Waals surface area contributed by atoms with Gasteiger partial charge in [-0.25, -0.2) is 0 Å². The molecule has 3 N–H and O–H groups in total. The highest BCUT2D eigenvalue weighted by atomic mass is 16.5. The van der Waals surface area contributed by atoms with Gasteiger partial charge in [-0.1, -0.05) is 43.7 Å². The number of methoxy groups -OCH3 is 1. The van der Waals surface area contributed by atoms with Gasteiger partial charge in [-0.2, -0.15) is 0 Å². The second-order valence-corrected chi connectivity index (χ2v) is 6.26. The molecule has 2 rings (SSSR count). The lowest BCUT2D eigenvalue weighted by atomic mass is 9.64. The number of ether oxygens (including phenoxy) is 1. The third-order valence-corrected chi connectivity index (χ3v) is 4.55. The highest BCUT2D eigenvalue weighted by Gasteiger charge is 2.48. The van der Waals surface area contributed by atoms with Crippen molar-refractivity contribution in [2.45, 2.75) is 45.4 Å². The first-order valence-corrected chi connectivity index (χ1v) is 7.03. The van der Waals surface area contributed by atoms with Crippen LogP contribution in [0.25, 0.3) is 0 Å². The molecule has 3 atom stereocenters. The molecule has 1 aromatic carbocycles. The summed E-state index contributed by atoms with van der Waals surface area (Å²) in [6.07, 6.45) is 1.44. The zero-order valence-corrected chi connectivity index (χ0v) is 12.4. The van der Waals surface area contributed by atoms with Crippen molar-refractivity contribution in [1.82, 2.24) is 5.32 Å². The van der Waals surface area contributed by atoms with Crippen LogP contribution < -0.4 is 11.1 Å². The average Bonchev–Trinajstić information content (AvgIpc) is 2.38. The molecule has 0 bridgehead atoms. The average molecular weight is 262 g/mol. The summed E-state index contributed by atoms with van der Waals surface area (Å²) < 4.78 is 5.47. The number of nitrogens with one attached hydrogen (secondary N) is 1. The third-order valence-electron chi connectivity index (χ3n) is 4.55. The molecular formula is C16H26N2O. The Labute approximate surface area is 116 Å². The van der Waals surface area contributed by atoms with E-state index in [9.17, 15) is 0 Å². The minimum absolute atomic E-state index is 0.0537. The zero-order chi connectivity index (χ0) is 14.0. The standard InChI is InChI=1S/C16H26N2O/c1-11-5-7-12(8-6-11)13(17)10-18-14-9-15(19-4)16(14,2)3/h5-8,13-15,18H,9-10,17H2,1-4H3. The van der Waals surface area contributed by atoms with Crippen molar-refractivity contribution in [3.63, 3.8) is 0 Å². The van der Waals surface area contributed by atoms with Crippen molar-refractivity contribution < 1.29 is 4.74 Å². The van der Waals surface area contributed by atoms with Crippen LogP contribution in [-0.4, -0.2) is 25.8 Å². The molecule has 1 aromatic rings. The van der Waals surface area contributed by atoms with Gasteiger partial charge in [0.15, 0.2) is 0 Å². The summed E-state index contributed by atoms with van der Waals surface area (Å²) in [6, 6.07) is 9.01. The largest absolute Gasteiger partial charge is 0.381 e. The summed E-state index contributed by atoms with van der Waals surface area (Å²) in [6.45, 7) is 7.41. The third kappa shape index (κ3) is 2.99. The number of rotatable bonds is 5. The van der Waals surface area contributed by atoms with E-state index < -0.39 is 0 Å². The molecule has 3 nitrogen and oxygen atoms in total. The highest BCUT2D eigenvalue weighted by molar-refractivity contribution is 5.24. The predicted octanol–water partition coefficient (Wildman–Crippen LogP) is 2.40. The molecule has 1 saturated carbocycles. The Hall–Kier alpha value is -0.900. The molecule has 0 aromatic heterocycles. The molecule has 0 saturated heterocycles. The monoisotopic (exact) mass is 262 g/mol. The molecule has 0 aliphatic heterocycles. The van der Waals surface area contributed by atoms with Crippen molar-refractivity contribution >= 4 is 0 Å². The summed E-state index contributed by atoms with van der Waals surface area (Å²) in [7, 11) is 1.79. The number of hydrogen-bond donors (Lipinski definition) is 2. The second-order valence-electron chi connectivity index (χ2n) is 6.26. The fourth-order valence-corrected chi connectivity index (χ4v) is 2.83. The Kier molecular flexibility index (Phi) is 4.29. The van der Waals surface area contributed by atoms with E-state index in [1.807, 2.05) is 0 Å². The number of benzene rings is 1. The predicted molar refractivity (Wildman–Crippen MR) is 79.1 cm³/mol. The molecule has 0 amide bonds. The van der Waals surface area contributed by atoms with Gasteiger partial charge in [0.1, 0.15) is 0 Å².